The average molecular weight is 176 g/mol. The van der Waals surface area contributed by atoms with Gasteiger partial charge in [0.25, 0.3) is 0 Å². The van der Waals surface area contributed by atoms with Crippen LogP contribution in [0.1, 0.15) is 16.7 Å². The predicted octanol–water partition coefficient (Wildman–Crippen LogP) is 2.14. The summed E-state index contributed by atoms with van der Waals surface area (Å²) in [4.78, 5) is 11.1. The predicted molar refractivity (Wildman–Crippen MR) is 48.9 cm³/mol. The van der Waals surface area contributed by atoms with Crippen LogP contribution in [0.5, 0.6) is 0 Å². The minimum atomic E-state index is -0.279. The maximum atomic E-state index is 13.3. The molecule has 1 aliphatic carbocycles. The number of hydrogen-bond acceptors (Lipinski definition) is 1. The molecule has 0 heterocycles. The number of carbonyl (C=O) groups excluding carboxylic acids is 1. The molecule has 0 aliphatic heterocycles. The van der Waals surface area contributed by atoms with Crippen molar-refractivity contribution in [1.82, 2.24) is 0 Å². The van der Waals surface area contributed by atoms with Crippen LogP contribution in [0.3, 0.4) is 0 Å². The molecule has 2 rings (SSSR count). The summed E-state index contributed by atoms with van der Waals surface area (Å²) in [6.07, 6.45) is 2.21. The Bertz CT molecular complexity index is 393. The lowest BCUT2D eigenvalue weighted by Gasteiger charge is -2.01. The van der Waals surface area contributed by atoms with Crippen molar-refractivity contribution < 1.29 is 9.18 Å². The van der Waals surface area contributed by atoms with Crippen molar-refractivity contribution in [2.45, 2.75) is 12.8 Å². The Labute approximate surface area is 75.9 Å². The van der Waals surface area contributed by atoms with Gasteiger partial charge in [-0.1, -0.05) is 18.7 Å². The van der Waals surface area contributed by atoms with Crippen molar-refractivity contribution in [2.75, 3.05) is 0 Å². The van der Waals surface area contributed by atoms with Crippen molar-refractivity contribution >= 4 is 11.9 Å². The summed E-state index contributed by atoms with van der Waals surface area (Å²) >= 11 is 0. The number of hydrogen-bond donors (Lipinski definition) is 0. The molecule has 0 saturated carbocycles. The molecule has 0 spiro atoms. The van der Waals surface area contributed by atoms with Gasteiger partial charge in [0.2, 0.25) is 0 Å². The summed E-state index contributed by atoms with van der Waals surface area (Å²) in [6, 6.07) is 3.25. The number of rotatable bonds is 1. The van der Waals surface area contributed by atoms with Crippen molar-refractivity contribution in [3.8, 4) is 0 Å². The maximum absolute atomic E-state index is 13.3. The number of Topliss-reactive ketones (excluding diaryl/α,β-unsaturated/α-hetero) is 1. The Balaban J connectivity index is 2.58. The van der Waals surface area contributed by atoms with Crippen LogP contribution in [-0.2, 0) is 17.6 Å². The summed E-state index contributed by atoms with van der Waals surface area (Å²) in [5.74, 6) is -0.187. The van der Waals surface area contributed by atoms with Crippen LogP contribution in [0.25, 0.3) is 6.08 Å². The second-order valence-corrected chi connectivity index (χ2v) is 3.24. The first-order valence-corrected chi connectivity index (χ1v) is 4.16. The molecule has 0 N–H and O–H groups in total. The summed E-state index contributed by atoms with van der Waals surface area (Å²) in [7, 11) is 0. The standard InChI is InChI=1S/C11H9FO/c1-2-7-3-8-5-9(13)6-10(8)11(12)4-7/h2-4H,1,5-6H2. The van der Waals surface area contributed by atoms with E-state index in [9.17, 15) is 9.18 Å². The number of ketones is 1. The van der Waals surface area contributed by atoms with E-state index < -0.39 is 0 Å². The Morgan fingerprint density at radius 3 is 2.85 bits per heavy atom. The average Bonchev–Trinajstić information content (AvgIpc) is 2.46. The van der Waals surface area contributed by atoms with Crippen LogP contribution < -0.4 is 0 Å². The summed E-state index contributed by atoms with van der Waals surface area (Å²) in [5.41, 5.74) is 2.13. The van der Waals surface area contributed by atoms with Crippen LogP contribution >= 0.6 is 0 Å². The third kappa shape index (κ3) is 1.28. The molecule has 0 radical (unpaired) electrons. The fourth-order valence-corrected chi connectivity index (χ4v) is 1.66. The SMILES string of the molecule is C=Cc1cc(F)c2c(c1)CC(=O)C2. The molecule has 13 heavy (non-hydrogen) atoms. The molecule has 1 nitrogen and oxygen atoms in total. The van der Waals surface area contributed by atoms with Crippen molar-refractivity contribution in [1.29, 1.82) is 0 Å². The van der Waals surface area contributed by atoms with Gasteiger partial charge in [-0.2, -0.15) is 0 Å². The minimum Gasteiger partial charge on any atom is -0.299 e. The molecule has 1 aliphatic rings. The van der Waals surface area contributed by atoms with Gasteiger partial charge in [-0.05, 0) is 22.8 Å². The second-order valence-electron chi connectivity index (χ2n) is 3.24. The van der Waals surface area contributed by atoms with Gasteiger partial charge in [0.1, 0.15) is 11.6 Å². The zero-order valence-corrected chi connectivity index (χ0v) is 7.14. The minimum absolute atomic E-state index is 0.0927. The molecule has 0 unspecified atom stereocenters. The molecule has 1 aromatic carbocycles. The third-order valence-corrected chi connectivity index (χ3v) is 2.31. The molecule has 0 aromatic heterocycles. The van der Waals surface area contributed by atoms with E-state index in [4.69, 9.17) is 0 Å². The lowest BCUT2D eigenvalue weighted by Crippen LogP contribution is -1.93. The number of fused-ring (bicyclic) bond motifs is 1. The monoisotopic (exact) mass is 176 g/mol. The fraction of sp³-hybridized carbons (Fsp3) is 0.182. The number of carbonyl (C=O) groups is 1. The maximum Gasteiger partial charge on any atom is 0.141 e. The topological polar surface area (TPSA) is 17.1 Å². The lowest BCUT2D eigenvalue weighted by molar-refractivity contribution is -0.117. The molecular weight excluding hydrogens is 167 g/mol. The third-order valence-electron chi connectivity index (χ3n) is 2.31. The highest BCUT2D eigenvalue weighted by Crippen LogP contribution is 2.24. The van der Waals surface area contributed by atoms with Gasteiger partial charge in [-0.15, -0.1) is 0 Å². The van der Waals surface area contributed by atoms with Gasteiger partial charge < -0.3 is 0 Å². The Morgan fingerprint density at radius 2 is 2.15 bits per heavy atom. The van der Waals surface area contributed by atoms with E-state index in [2.05, 4.69) is 6.58 Å². The molecule has 0 fully saturated rings. The van der Waals surface area contributed by atoms with E-state index in [0.29, 0.717) is 12.0 Å². The van der Waals surface area contributed by atoms with Crippen LogP contribution in [0.2, 0.25) is 0 Å². The van der Waals surface area contributed by atoms with E-state index in [-0.39, 0.29) is 18.0 Å². The zero-order chi connectivity index (χ0) is 9.42. The second kappa shape index (κ2) is 2.80. The zero-order valence-electron chi connectivity index (χ0n) is 7.14. The molecular formula is C11H9FO. The Hall–Kier alpha value is -1.44. The first-order chi connectivity index (χ1) is 6.20. The van der Waals surface area contributed by atoms with Gasteiger partial charge in [0, 0.05) is 12.8 Å². The van der Waals surface area contributed by atoms with Gasteiger partial charge in [-0.25, -0.2) is 4.39 Å². The van der Waals surface area contributed by atoms with Crippen molar-refractivity contribution in [2.24, 2.45) is 0 Å². The van der Waals surface area contributed by atoms with Crippen molar-refractivity contribution in [3.05, 3.63) is 41.2 Å². The highest BCUT2D eigenvalue weighted by atomic mass is 19.1. The largest absolute Gasteiger partial charge is 0.299 e. The Morgan fingerprint density at radius 1 is 1.38 bits per heavy atom. The molecule has 2 heteroatoms. The van der Waals surface area contributed by atoms with Gasteiger partial charge in [-0.3, -0.25) is 4.79 Å². The quantitative estimate of drug-likeness (QED) is 0.640. The Kier molecular flexibility index (Phi) is 1.76. The molecule has 66 valence electrons. The van der Waals surface area contributed by atoms with Gasteiger partial charge in [0.05, 0.1) is 0 Å². The van der Waals surface area contributed by atoms with E-state index in [1.807, 2.05) is 6.07 Å². The van der Waals surface area contributed by atoms with Gasteiger partial charge >= 0.3 is 0 Å². The van der Waals surface area contributed by atoms with E-state index in [1.54, 1.807) is 6.08 Å². The smallest absolute Gasteiger partial charge is 0.141 e. The highest BCUT2D eigenvalue weighted by Gasteiger charge is 2.21. The van der Waals surface area contributed by atoms with Crippen LogP contribution in [0.15, 0.2) is 18.7 Å². The summed E-state index contributed by atoms with van der Waals surface area (Å²) in [5, 5.41) is 0. The molecule has 0 atom stereocenters. The lowest BCUT2D eigenvalue weighted by atomic mass is 10.1. The normalized spacial score (nSPS) is 14.4. The first kappa shape index (κ1) is 8.17. The van der Waals surface area contributed by atoms with E-state index >= 15 is 0 Å². The van der Waals surface area contributed by atoms with E-state index in [1.165, 1.54) is 6.07 Å². The van der Waals surface area contributed by atoms with E-state index in [0.717, 1.165) is 11.1 Å². The first-order valence-electron chi connectivity index (χ1n) is 4.16. The summed E-state index contributed by atoms with van der Waals surface area (Å²) < 4.78 is 13.3. The van der Waals surface area contributed by atoms with Crippen LogP contribution in [-0.4, -0.2) is 5.78 Å². The van der Waals surface area contributed by atoms with Gasteiger partial charge in [0.15, 0.2) is 0 Å². The fourth-order valence-electron chi connectivity index (χ4n) is 1.66. The molecule has 0 amide bonds. The molecule has 1 aromatic rings. The van der Waals surface area contributed by atoms with Crippen LogP contribution in [0.4, 0.5) is 4.39 Å². The number of benzene rings is 1. The molecule has 0 saturated heterocycles. The van der Waals surface area contributed by atoms with Crippen LogP contribution in [0, 0.1) is 5.82 Å². The highest BCUT2D eigenvalue weighted by molar-refractivity contribution is 5.88. The molecule has 0 bridgehead atoms. The summed E-state index contributed by atoms with van der Waals surface area (Å²) in [6.45, 7) is 3.56. The number of halogens is 1. The van der Waals surface area contributed by atoms with Crippen molar-refractivity contribution in [3.63, 3.8) is 0 Å².